The van der Waals surface area contributed by atoms with Crippen LogP contribution >= 0.6 is 0 Å². The van der Waals surface area contributed by atoms with Crippen LogP contribution in [0.4, 0.5) is 5.69 Å². The molecule has 0 saturated heterocycles. The van der Waals surface area contributed by atoms with Gasteiger partial charge in [0, 0.05) is 18.0 Å². The summed E-state index contributed by atoms with van der Waals surface area (Å²) in [5.74, 6) is -0.538. The standard InChI is InChI=1S/C16H18N4O3S/c1-13(16(21)19-18-12-14-7-6-10-17-11-14)20(24(2,22)23)15-8-4-3-5-9-15/h3-13H,1-2H3,(H,19,21)/b18-12-/t13-/m1/s1. The number of amides is 1. The second kappa shape index (κ2) is 7.69. The SMILES string of the molecule is C[C@H](C(=O)N/N=C\c1cccnc1)N(c1ccccc1)S(C)(=O)=O. The van der Waals surface area contributed by atoms with Gasteiger partial charge in [-0.3, -0.25) is 14.1 Å². The van der Waals surface area contributed by atoms with Crippen LogP contribution in [0.15, 0.2) is 60.0 Å². The number of rotatable bonds is 6. The summed E-state index contributed by atoms with van der Waals surface area (Å²) in [7, 11) is -3.63. The summed E-state index contributed by atoms with van der Waals surface area (Å²) in [4.78, 5) is 16.2. The van der Waals surface area contributed by atoms with Crippen LogP contribution in [0.1, 0.15) is 12.5 Å². The minimum atomic E-state index is -3.63. The van der Waals surface area contributed by atoms with Crippen LogP contribution < -0.4 is 9.73 Å². The quantitative estimate of drug-likeness (QED) is 0.632. The van der Waals surface area contributed by atoms with E-state index in [1.165, 1.54) is 13.1 Å². The second-order valence-electron chi connectivity index (χ2n) is 5.09. The Balaban J connectivity index is 2.13. The summed E-state index contributed by atoms with van der Waals surface area (Å²) in [5, 5.41) is 3.83. The molecule has 7 nitrogen and oxygen atoms in total. The molecule has 126 valence electrons. The van der Waals surface area contributed by atoms with Crippen molar-refractivity contribution >= 4 is 27.8 Å². The summed E-state index contributed by atoms with van der Waals surface area (Å²) in [6.07, 6.45) is 5.71. The average molecular weight is 346 g/mol. The van der Waals surface area contributed by atoms with Gasteiger partial charge in [0.25, 0.3) is 5.91 Å². The molecule has 1 heterocycles. The van der Waals surface area contributed by atoms with Gasteiger partial charge in [0.2, 0.25) is 10.0 Å². The molecule has 0 bridgehead atoms. The maximum Gasteiger partial charge on any atom is 0.263 e. The number of benzene rings is 1. The molecule has 0 unspecified atom stereocenters. The van der Waals surface area contributed by atoms with E-state index < -0.39 is 22.0 Å². The summed E-state index contributed by atoms with van der Waals surface area (Å²) < 4.78 is 25.2. The minimum absolute atomic E-state index is 0.416. The van der Waals surface area contributed by atoms with Crippen LogP contribution in [-0.4, -0.2) is 37.8 Å². The third-order valence-electron chi connectivity index (χ3n) is 3.17. The van der Waals surface area contributed by atoms with E-state index in [1.54, 1.807) is 54.9 Å². The smallest absolute Gasteiger partial charge is 0.263 e. The lowest BCUT2D eigenvalue weighted by Crippen LogP contribution is -2.46. The molecule has 0 aliphatic carbocycles. The highest BCUT2D eigenvalue weighted by molar-refractivity contribution is 7.92. The summed E-state index contributed by atoms with van der Waals surface area (Å²) in [5.41, 5.74) is 3.48. The third-order valence-corrected chi connectivity index (χ3v) is 4.41. The molecule has 0 radical (unpaired) electrons. The maximum absolute atomic E-state index is 12.2. The molecule has 0 aliphatic rings. The third kappa shape index (κ3) is 4.63. The molecule has 1 aromatic carbocycles. The highest BCUT2D eigenvalue weighted by atomic mass is 32.2. The molecule has 0 spiro atoms. The van der Waals surface area contributed by atoms with E-state index >= 15 is 0 Å². The van der Waals surface area contributed by atoms with Gasteiger partial charge in [-0.05, 0) is 25.1 Å². The van der Waals surface area contributed by atoms with E-state index in [0.717, 1.165) is 10.6 Å². The zero-order valence-electron chi connectivity index (χ0n) is 13.3. The fourth-order valence-electron chi connectivity index (χ4n) is 2.10. The van der Waals surface area contributed by atoms with E-state index in [-0.39, 0.29) is 0 Å². The minimum Gasteiger partial charge on any atom is -0.271 e. The van der Waals surface area contributed by atoms with E-state index in [9.17, 15) is 13.2 Å². The monoisotopic (exact) mass is 346 g/mol. The van der Waals surface area contributed by atoms with Gasteiger partial charge in [-0.1, -0.05) is 24.3 Å². The number of nitrogens with one attached hydrogen (secondary N) is 1. The Bertz CT molecular complexity index is 808. The first-order chi connectivity index (χ1) is 11.4. The van der Waals surface area contributed by atoms with Gasteiger partial charge in [0.15, 0.2) is 0 Å². The van der Waals surface area contributed by atoms with Crippen molar-refractivity contribution in [1.29, 1.82) is 0 Å². The number of aromatic nitrogens is 1. The Morgan fingerprint density at radius 3 is 2.54 bits per heavy atom. The molecule has 0 fully saturated rings. The highest BCUT2D eigenvalue weighted by Crippen LogP contribution is 2.20. The van der Waals surface area contributed by atoms with Crippen molar-refractivity contribution in [3.05, 3.63) is 60.4 Å². The van der Waals surface area contributed by atoms with Crippen molar-refractivity contribution in [2.24, 2.45) is 5.10 Å². The number of pyridine rings is 1. The summed E-state index contributed by atoms with van der Waals surface area (Å²) in [6, 6.07) is 11.0. The Morgan fingerprint density at radius 1 is 1.25 bits per heavy atom. The van der Waals surface area contributed by atoms with Crippen LogP contribution in [0.2, 0.25) is 0 Å². The average Bonchev–Trinajstić information content (AvgIpc) is 2.55. The first-order valence-electron chi connectivity index (χ1n) is 7.17. The van der Waals surface area contributed by atoms with Gasteiger partial charge in [-0.15, -0.1) is 0 Å². The maximum atomic E-state index is 12.2. The van der Waals surface area contributed by atoms with Crippen LogP contribution in [0, 0.1) is 0 Å². The number of hydrazone groups is 1. The van der Waals surface area contributed by atoms with E-state index in [2.05, 4.69) is 15.5 Å². The normalized spacial score (nSPS) is 12.8. The second-order valence-corrected chi connectivity index (χ2v) is 6.95. The molecule has 1 aromatic heterocycles. The lowest BCUT2D eigenvalue weighted by Gasteiger charge is -2.27. The topological polar surface area (TPSA) is 91.7 Å². The molecular weight excluding hydrogens is 328 g/mol. The van der Waals surface area contributed by atoms with E-state index in [1.807, 2.05) is 0 Å². The molecule has 1 N–H and O–H groups in total. The van der Waals surface area contributed by atoms with E-state index in [4.69, 9.17) is 0 Å². The molecule has 8 heteroatoms. The first-order valence-corrected chi connectivity index (χ1v) is 9.02. The molecule has 2 aromatic rings. The Kier molecular flexibility index (Phi) is 5.64. The van der Waals surface area contributed by atoms with Gasteiger partial charge >= 0.3 is 0 Å². The molecular formula is C16H18N4O3S. The number of anilines is 1. The predicted octanol–water partition coefficient (Wildman–Crippen LogP) is 1.39. The molecule has 0 saturated carbocycles. The molecule has 0 aliphatic heterocycles. The van der Waals surface area contributed by atoms with Gasteiger partial charge in [0.05, 0.1) is 18.2 Å². The van der Waals surface area contributed by atoms with Crippen LogP contribution in [0.25, 0.3) is 0 Å². The summed E-state index contributed by atoms with van der Waals surface area (Å²) in [6.45, 7) is 1.50. The van der Waals surface area contributed by atoms with Gasteiger partial charge in [0.1, 0.15) is 6.04 Å². The van der Waals surface area contributed by atoms with Crippen molar-refractivity contribution in [2.45, 2.75) is 13.0 Å². The number of sulfonamides is 1. The molecule has 1 amide bonds. The molecule has 1 atom stereocenters. The van der Waals surface area contributed by atoms with Gasteiger partial charge < -0.3 is 0 Å². The number of carbonyl (C=O) groups is 1. The zero-order valence-corrected chi connectivity index (χ0v) is 14.1. The first kappa shape index (κ1) is 17.6. The predicted molar refractivity (Wildman–Crippen MR) is 93.2 cm³/mol. The van der Waals surface area contributed by atoms with Crippen molar-refractivity contribution in [2.75, 3.05) is 10.6 Å². The van der Waals surface area contributed by atoms with Crippen LogP contribution in [-0.2, 0) is 14.8 Å². The lowest BCUT2D eigenvalue weighted by molar-refractivity contribution is -0.121. The van der Waals surface area contributed by atoms with E-state index in [0.29, 0.717) is 11.3 Å². The number of para-hydroxylation sites is 1. The van der Waals surface area contributed by atoms with Crippen LogP contribution in [0.3, 0.4) is 0 Å². The fourth-order valence-corrected chi connectivity index (χ4v) is 3.27. The highest BCUT2D eigenvalue weighted by Gasteiger charge is 2.28. The van der Waals surface area contributed by atoms with Crippen molar-refractivity contribution in [1.82, 2.24) is 10.4 Å². The van der Waals surface area contributed by atoms with Crippen molar-refractivity contribution < 1.29 is 13.2 Å². The van der Waals surface area contributed by atoms with Crippen LogP contribution in [0.5, 0.6) is 0 Å². The number of nitrogens with zero attached hydrogens (tertiary/aromatic N) is 3. The van der Waals surface area contributed by atoms with Gasteiger partial charge in [-0.25, -0.2) is 13.8 Å². The Hall–Kier alpha value is -2.74. The van der Waals surface area contributed by atoms with Gasteiger partial charge in [-0.2, -0.15) is 5.10 Å². The van der Waals surface area contributed by atoms with Crippen molar-refractivity contribution in [3.8, 4) is 0 Å². The summed E-state index contributed by atoms with van der Waals surface area (Å²) >= 11 is 0. The largest absolute Gasteiger partial charge is 0.271 e. The number of carbonyl (C=O) groups excluding carboxylic acids is 1. The zero-order chi connectivity index (χ0) is 17.6. The molecule has 24 heavy (non-hydrogen) atoms. The Labute approximate surface area is 141 Å². The lowest BCUT2D eigenvalue weighted by atomic mass is 10.2. The number of hydrogen-bond donors (Lipinski definition) is 1. The number of hydrogen-bond acceptors (Lipinski definition) is 5. The Morgan fingerprint density at radius 2 is 1.96 bits per heavy atom. The van der Waals surface area contributed by atoms with Crippen molar-refractivity contribution in [3.63, 3.8) is 0 Å². The fraction of sp³-hybridized carbons (Fsp3) is 0.188. The molecule has 2 rings (SSSR count).